The number of oxazole rings is 1. The molecule has 1 N–H and O–H groups in total. The molecule has 0 bridgehead atoms. The normalized spacial score (nSPS) is 24.3. The molecule has 2 aliphatic carbocycles. The molecule has 7 aromatic rings. The molecule has 3 aromatic heterocycles. The summed E-state index contributed by atoms with van der Waals surface area (Å²) < 4.78 is 14.5. The van der Waals surface area contributed by atoms with Crippen LogP contribution in [-0.4, -0.2) is 50.6 Å². The van der Waals surface area contributed by atoms with Crippen molar-refractivity contribution in [1.82, 2.24) is 14.8 Å². The minimum absolute atomic E-state index is 0.112. The van der Waals surface area contributed by atoms with E-state index in [0.29, 0.717) is 49.3 Å². The van der Waals surface area contributed by atoms with Gasteiger partial charge in [-0.25, -0.2) is 9.88 Å². The van der Waals surface area contributed by atoms with E-state index in [1.807, 2.05) is 62.4 Å². The van der Waals surface area contributed by atoms with Crippen LogP contribution in [0.2, 0.25) is 5.02 Å². The summed E-state index contributed by atoms with van der Waals surface area (Å²) in [5, 5.41) is 17.4. The number of nitrogens with zero attached hydrogens (tertiary/aromatic N) is 5. The fraction of sp³-hybridized carbons (Fsp3) is 0.250. The Morgan fingerprint density at radius 1 is 0.952 bits per heavy atom. The monoisotopic (exact) mass is 941 g/mol. The number of aromatic nitrogens is 3. The van der Waals surface area contributed by atoms with Crippen LogP contribution in [0.25, 0.3) is 43.2 Å². The summed E-state index contributed by atoms with van der Waals surface area (Å²) in [6.07, 6.45) is 2.43. The third kappa shape index (κ3) is 5.70. The Labute approximate surface area is 377 Å². The molecule has 4 aliphatic rings. The molecule has 2 saturated heterocycles. The lowest BCUT2D eigenvalue weighted by atomic mass is 9.51. The molecule has 6 atom stereocenters. The topological polar surface area (TPSA) is 148 Å². The molecule has 4 amide bonds. The Hall–Kier alpha value is -6.09. The van der Waals surface area contributed by atoms with Crippen molar-refractivity contribution in [3.63, 3.8) is 0 Å². The highest BCUT2D eigenvalue weighted by Crippen LogP contribution is 2.64. The standard InChI is InChI=1S/C48H37BrClN5O7S/c1-22-29-19-25(50)11-16-37(29)63-42(22)34-21-38(53(3)52-34)55-45(58)31-20-30-27(40(48(31,2)47(55)60)24-17-32(49)41(56)36(18-24)61-4)14-15-28-39(30)46(59)54(44(28)57)26-12-9-23(10-13-26)43-51-33-7-5-6-8-35(33)62-43/h5-14,16-19,21,28,30-31,39-40,56H,15,20H2,1-4H3. The van der Waals surface area contributed by atoms with Gasteiger partial charge in [-0.05, 0) is 132 Å². The van der Waals surface area contributed by atoms with E-state index in [1.54, 1.807) is 65.5 Å². The van der Waals surface area contributed by atoms with E-state index in [1.165, 1.54) is 16.9 Å². The number of amides is 4. The second-order valence-corrected chi connectivity index (χ2v) is 19.3. The molecule has 63 heavy (non-hydrogen) atoms. The molecular weight excluding hydrogens is 906 g/mol. The van der Waals surface area contributed by atoms with E-state index in [0.717, 1.165) is 31.6 Å². The van der Waals surface area contributed by atoms with E-state index in [4.69, 9.17) is 25.9 Å². The lowest BCUT2D eigenvalue weighted by Gasteiger charge is -2.49. The van der Waals surface area contributed by atoms with Crippen LogP contribution in [0.3, 0.4) is 0 Å². The summed E-state index contributed by atoms with van der Waals surface area (Å²) in [5.74, 6) is -4.29. The molecular formula is C48H37BrClN5O7S. The molecule has 11 rings (SSSR count). The van der Waals surface area contributed by atoms with Crippen molar-refractivity contribution in [2.45, 2.75) is 32.6 Å². The van der Waals surface area contributed by atoms with Gasteiger partial charge in [-0.3, -0.25) is 28.8 Å². The second-order valence-electron chi connectivity index (χ2n) is 17.0. The highest BCUT2D eigenvalue weighted by molar-refractivity contribution is 9.10. The molecule has 0 radical (unpaired) electrons. The number of hydrogen-bond donors (Lipinski definition) is 1. The van der Waals surface area contributed by atoms with Gasteiger partial charge in [0.15, 0.2) is 17.1 Å². The Balaban J connectivity index is 0.983. The number of thiophene rings is 1. The van der Waals surface area contributed by atoms with Crippen LogP contribution < -0.4 is 14.5 Å². The van der Waals surface area contributed by atoms with Gasteiger partial charge in [0.25, 0.3) is 0 Å². The first kappa shape index (κ1) is 39.7. The van der Waals surface area contributed by atoms with Crippen molar-refractivity contribution >= 4 is 95.2 Å². The zero-order valence-corrected chi connectivity index (χ0v) is 37.4. The Morgan fingerprint density at radius 3 is 2.49 bits per heavy atom. The lowest BCUT2D eigenvalue weighted by molar-refractivity contribution is -0.131. The summed E-state index contributed by atoms with van der Waals surface area (Å²) in [4.78, 5) is 67.6. The third-order valence-electron chi connectivity index (χ3n) is 13.8. The Morgan fingerprint density at radius 2 is 1.73 bits per heavy atom. The molecule has 3 fully saturated rings. The molecule has 2 aliphatic heterocycles. The van der Waals surface area contributed by atoms with Crippen molar-refractivity contribution < 1.29 is 33.4 Å². The second kappa shape index (κ2) is 14.2. The van der Waals surface area contributed by atoms with E-state index < -0.39 is 46.8 Å². The maximum absolute atomic E-state index is 15.3. The molecule has 5 heterocycles. The van der Waals surface area contributed by atoms with Gasteiger partial charge in [0, 0.05) is 34.3 Å². The third-order valence-corrected chi connectivity index (χ3v) is 15.9. The van der Waals surface area contributed by atoms with Gasteiger partial charge in [-0.15, -0.1) is 11.3 Å². The quantitative estimate of drug-likeness (QED) is 0.127. The fourth-order valence-corrected chi connectivity index (χ4v) is 12.5. The van der Waals surface area contributed by atoms with Crippen molar-refractivity contribution in [3.8, 4) is 33.5 Å². The molecule has 1 saturated carbocycles. The zero-order chi connectivity index (χ0) is 43.8. The van der Waals surface area contributed by atoms with Gasteiger partial charge in [-0.1, -0.05) is 35.4 Å². The molecule has 0 spiro atoms. The van der Waals surface area contributed by atoms with Gasteiger partial charge in [0.05, 0.1) is 45.3 Å². The van der Waals surface area contributed by atoms with Gasteiger partial charge in [0.2, 0.25) is 29.5 Å². The average molecular weight is 943 g/mol. The van der Waals surface area contributed by atoms with E-state index in [2.05, 4.69) is 20.9 Å². The van der Waals surface area contributed by atoms with E-state index in [-0.39, 0.29) is 36.2 Å². The minimum Gasteiger partial charge on any atom is -0.503 e. The first-order valence-electron chi connectivity index (χ1n) is 20.5. The Bertz CT molecular complexity index is 3160. The van der Waals surface area contributed by atoms with Crippen LogP contribution in [0.1, 0.15) is 36.8 Å². The molecule has 15 heteroatoms. The first-order valence-corrected chi connectivity index (χ1v) is 22.5. The first-order chi connectivity index (χ1) is 30.3. The number of carbonyl (C=O) groups is 4. The SMILES string of the molecule is COc1cc(C2C3=CCC4C(=O)N(c5ccc(-c6nc7ccccc7o6)cc5)C(=O)C4C3CC3C(=O)N(c4cc(-c5sc6ccc(Cl)cc6c5C)nn4C)C(=O)C32C)cc(Br)c1O. The number of allylic oxidation sites excluding steroid dienone is 2. The summed E-state index contributed by atoms with van der Waals surface area (Å²) in [5.41, 5.74) is 4.18. The number of para-hydroxylation sites is 2. The number of aryl methyl sites for hydroxylation is 2. The van der Waals surface area contributed by atoms with Crippen molar-refractivity contribution in [2.24, 2.45) is 36.1 Å². The number of rotatable bonds is 6. The molecule has 316 valence electrons. The highest BCUT2D eigenvalue weighted by Gasteiger charge is 2.68. The van der Waals surface area contributed by atoms with Crippen LogP contribution in [-0.2, 0) is 26.2 Å². The summed E-state index contributed by atoms with van der Waals surface area (Å²) in [6, 6.07) is 25.4. The predicted molar refractivity (Wildman–Crippen MR) is 243 cm³/mol. The van der Waals surface area contributed by atoms with Crippen LogP contribution >= 0.6 is 38.9 Å². The number of fused-ring (bicyclic) bond motifs is 6. The highest BCUT2D eigenvalue weighted by atomic mass is 79.9. The molecule has 12 nitrogen and oxygen atoms in total. The Kier molecular flexibility index (Phi) is 8.96. The van der Waals surface area contributed by atoms with Crippen LogP contribution in [0, 0.1) is 36.0 Å². The van der Waals surface area contributed by atoms with Gasteiger partial charge >= 0.3 is 0 Å². The van der Waals surface area contributed by atoms with E-state index in [9.17, 15) is 14.7 Å². The number of methoxy groups -OCH3 is 1. The van der Waals surface area contributed by atoms with Crippen molar-refractivity contribution in [3.05, 3.63) is 117 Å². The van der Waals surface area contributed by atoms with Crippen LogP contribution in [0.5, 0.6) is 11.5 Å². The van der Waals surface area contributed by atoms with Gasteiger partial charge < -0.3 is 14.3 Å². The maximum atomic E-state index is 15.3. The number of phenols is 1. The van der Waals surface area contributed by atoms with Gasteiger partial charge in [0.1, 0.15) is 17.0 Å². The summed E-state index contributed by atoms with van der Waals surface area (Å²) >= 11 is 11.4. The number of phenolic OH excluding ortho intramolecular Hbond substituents is 1. The molecule has 4 aromatic carbocycles. The fourth-order valence-electron chi connectivity index (χ4n) is 10.7. The summed E-state index contributed by atoms with van der Waals surface area (Å²) in [7, 11) is 3.16. The van der Waals surface area contributed by atoms with Crippen molar-refractivity contribution in [2.75, 3.05) is 16.9 Å². The average Bonchev–Trinajstić information content (AvgIpc) is 4.06. The number of imide groups is 2. The van der Waals surface area contributed by atoms with Crippen LogP contribution in [0.4, 0.5) is 11.5 Å². The van der Waals surface area contributed by atoms with Gasteiger partial charge in [-0.2, -0.15) is 5.10 Å². The summed E-state index contributed by atoms with van der Waals surface area (Å²) in [6.45, 7) is 3.83. The van der Waals surface area contributed by atoms with E-state index >= 15 is 9.59 Å². The number of hydrogen-bond acceptors (Lipinski definition) is 10. The zero-order valence-electron chi connectivity index (χ0n) is 34.3. The smallest absolute Gasteiger partial charge is 0.242 e. The number of carbonyl (C=O) groups excluding carboxylic acids is 4. The number of aromatic hydroxyl groups is 1. The predicted octanol–water partition coefficient (Wildman–Crippen LogP) is 9.98. The molecule has 6 unspecified atom stereocenters. The lowest BCUT2D eigenvalue weighted by Crippen LogP contribution is -2.49. The largest absolute Gasteiger partial charge is 0.503 e. The number of anilines is 2. The minimum atomic E-state index is -1.34. The van der Waals surface area contributed by atoms with Crippen molar-refractivity contribution in [1.29, 1.82) is 0 Å². The van der Waals surface area contributed by atoms with Crippen LogP contribution in [0.15, 0.2) is 105 Å². The number of ether oxygens (including phenoxy) is 1. The maximum Gasteiger partial charge on any atom is 0.242 e. The number of halogens is 2. The number of benzene rings is 4.